The van der Waals surface area contributed by atoms with Gasteiger partial charge in [-0.3, -0.25) is 4.79 Å². The van der Waals surface area contributed by atoms with Gasteiger partial charge in [0.25, 0.3) is 0 Å². The van der Waals surface area contributed by atoms with E-state index in [1.54, 1.807) is 0 Å². The lowest BCUT2D eigenvalue weighted by Gasteiger charge is -2.12. The van der Waals surface area contributed by atoms with Gasteiger partial charge in [0.05, 0.1) is 6.61 Å². The standard InChI is InChI=1S/C14H22N2O2.ClH/c1-12(14(17)16-10-9-15-2)8-11-18-13-6-4-3-5-7-13;/h3-7,12,15H,8-11H2,1-2H3,(H,16,17);1H. The number of nitrogens with one attached hydrogen (secondary N) is 2. The smallest absolute Gasteiger partial charge is 0.223 e. The van der Waals surface area contributed by atoms with Crippen molar-refractivity contribution in [3.63, 3.8) is 0 Å². The molecule has 0 radical (unpaired) electrons. The molecule has 0 aliphatic heterocycles. The average molecular weight is 287 g/mol. The number of para-hydroxylation sites is 1. The summed E-state index contributed by atoms with van der Waals surface area (Å²) in [5.74, 6) is 0.910. The molecule has 1 aromatic carbocycles. The van der Waals surface area contributed by atoms with Crippen LogP contribution in [-0.2, 0) is 4.79 Å². The fraction of sp³-hybridized carbons (Fsp3) is 0.500. The number of ether oxygens (including phenoxy) is 1. The molecular weight excluding hydrogens is 264 g/mol. The lowest BCUT2D eigenvalue weighted by molar-refractivity contribution is -0.124. The molecule has 0 aromatic heterocycles. The first-order valence-corrected chi connectivity index (χ1v) is 6.34. The Labute approximate surface area is 121 Å². The Morgan fingerprint density at radius 2 is 1.95 bits per heavy atom. The van der Waals surface area contributed by atoms with Crippen molar-refractivity contribution < 1.29 is 9.53 Å². The lowest BCUT2D eigenvalue weighted by atomic mass is 10.1. The summed E-state index contributed by atoms with van der Waals surface area (Å²) in [5.41, 5.74) is 0. The first-order valence-electron chi connectivity index (χ1n) is 6.34. The van der Waals surface area contributed by atoms with Gasteiger partial charge in [0, 0.05) is 19.0 Å². The molecule has 108 valence electrons. The van der Waals surface area contributed by atoms with Gasteiger partial charge in [-0.15, -0.1) is 12.4 Å². The highest BCUT2D eigenvalue weighted by atomic mass is 35.5. The minimum Gasteiger partial charge on any atom is -0.494 e. The number of amides is 1. The number of halogens is 1. The van der Waals surface area contributed by atoms with Gasteiger partial charge >= 0.3 is 0 Å². The van der Waals surface area contributed by atoms with E-state index in [1.807, 2.05) is 44.3 Å². The number of carbonyl (C=O) groups is 1. The second-order valence-electron chi connectivity index (χ2n) is 4.25. The highest BCUT2D eigenvalue weighted by Gasteiger charge is 2.11. The maximum absolute atomic E-state index is 11.7. The van der Waals surface area contributed by atoms with Crippen molar-refractivity contribution in [2.45, 2.75) is 13.3 Å². The normalized spacial score (nSPS) is 11.3. The molecule has 4 nitrogen and oxygen atoms in total. The van der Waals surface area contributed by atoms with Crippen LogP contribution < -0.4 is 15.4 Å². The largest absolute Gasteiger partial charge is 0.494 e. The molecule has 0 saturated heterocycles. The second-order valence-corrected chi connectivity index (χ2v) is 4.25. The lowest BCUT2D eigenvalue weighted by Crippen LogP contribution is -2.34. The molecule has 1 atom stereocenters. The van der Waals surface area contributed by atoms with Gasteiger partial charge in [-0.25, -0.2) is 0 Å². The molecule has 2 N–H and O–H groups in total. The zero-order valence-corrected chi connectivity index (χ0v) is 12.3. The third-order valence-electron chi connectivity index (χ3n) is 2.68. The van der Waals surface area contributed by atoms with Crippen LogP contribution in [-0.4, -0.2) is 32.7 Å². The molecule has 5 heteroatoms. The van der Waals surface area contributed by atoms with Crippen molar-refractivity contribution in [3.8, 4) is 5.75 Å². The molecule has 1 aromatic rings. The molecule has 0 aliphatic rings. The Hall–Kier alpha value is -1.26. The van der Waals surface area contributed by atoms with Crippen molar-refractivity contribution in [3.05, 3.63) is 30.3 Å². The summed E-state index contributed by atoms with van der Waals surface area (Å²) >= 11 is 0. The Bertz CT molecular complexity index is 347. The van der Waals surface area contributed by atoms with Crippen LogP contribution in [0.25, 0.3) is 0 Å². The first kappa shape index (κ1) is 17.7. The predicted octanol–water partition coefficient (Wildman–Crippen LogP) is 1.85. The molecule has 1 unspecified atom stereocenters. The molecule has 1 amide bonds. The fourth-order valence-electron chi connectivity index (χ4n) is 1.49. The van der Waals surface area contributed by atoms with E-state index in [2.05, 4.69) is 10.6 Å². The summed E-state index contributed by atoms with van der Waals surface area (Å²) in [5, 5.41) is 5.86. The Balaban J connectivity index is 0.00000324. The minimum atomic E-state index is -0.0226. The second kappa shape index (κ2) is 10.6. The maximum Gasteiger partial charge on any atom is 0.223 e. The van der Waals surface area contributed by atoms with E-state index in [0.717, 1.165) is 18.7 Å². The van der Waals surface area contributed by atoms with Gasteiger partial charge < -0.3 is 15.4 Å². The molecule has 0 heterocycles. The average Bonchev–Trinajstić information content (AvgIpc) is 2.40. The van der Waals surface area contributed by atoms with Gasteiger partial charge in [0.1, 0.15) is 5.75 Å². The monoisotopic (exact) mass is 286 g/mol. The molecule has 0 saturated carbocycles. The highest BCUT2D eigenvalue weighted by Crippen LogP contribution is 2.10. The summed E-state index contributed by atoms with van der Waals surface area (Å²) in [6.45, 7) is 3.94. The van der Waals surface area contributed by atoms with Crippen LogP contribution in [0.5, 0.6) is 5.75 Å². The van der Waals surface area contributed by atoms with Gasteiger partial charge in [0.15, 0.2) is 0 Å². The van der Waals surface area contributed by atoms with E-state index in [1.165, 1.54) is 0 Å². The van der Waals surface area contributed by atoms with Gasteiger partial charge in [0.2, 0.25) is 5.91 Å². The summed E-state index contributed by atoms with van der Waals surface area (Å²) in [4.78, 5) is 11.7. The summed E-state index contributed by atoms with van der Waals surface area (Å²) in [6, 6.07) is 9.65. The number of carbonyl (C=O) groups excluding carboxylic acids is 1. The van der Waals surface area contributed by atoms with Crippen LogP contribution in [0.2, 0.25) is 0 Å². The molecule has 0 spiro atoms. The van der Waals surface area contributed by atoms with Gasteiger partial charge in [-0.1, -0.05) is 25.1 Å². The Morgan fingerprint density at radius 1 is 1.26 bits per heavy atom. The van der Waals surface area contributed by atoms with Crippen molar-refractivity contribution in [2.75, 3.05) is 26.7 Å². The van der Waals surface area contributed by atoms with Crippen LogP contribution in [0.4, 0.5) is 0 Å². The highest BCUT2D eigenvalue weighted by molar-refractivity contribution is 5.85. The van der Waals surface area contributed by atoms with Crippen molar-refractivity contribution in [2.24, 2.45) is 5.92 Å². The van der Waals surface area contributed by atoms with E-state index in [9.17, 15) is 4.79 Å². The predicted molar refractivity (Wildman–Crippen MR) is 79.9 cm³/mol. The third kappa shape index (κ3) is 7.70. The van der Waals surface area contributed by atoms with Crippen molar-refractivity contribution >= 4 is 18.3 Å². The molecule has 0 fully saturated rings. The number of likely N-dealkylation sites (N-methyl/N-ethyl adjacent to an activating group) is 1. The summed E-state index contributed by atoms with van der Waals surface area (Å²) < 4.78 is 5.56. The molecule has 0 bridgehead atoms. The van der Waals surface area contributed by atoms with Crippen LogP contribution in [0.1, 0.15) is 13.3 Å². The zero-order chi connectivity index (χ0) is 13.2. The van der Waals surface area contributed by atoms with Crippen LogP contribution >= 0.6 is 12.4 Å². The van der Waals surface area contributed by atoms with E-state index in [0.29, 0.717) is 13.2 Å². The number of hydrogen-bond donors (Lipinski definition) is 2. The van der Waals surface area contributed by atoms with Crippen LogP contribution in [0.3, 0.4) is 0 Å². The minimum absolute atomic E-state index is 0. The first-order chi connectivity index (χ1) is 8.74. The molecular formula is C14H23ClN2O2. The topological polar surface area (TPSA) is 50.4 Å². The summed E-state index contributed by atoms with van der Waals surface area (Å²) in [7, 11) is 1.86. The van der Waals surface area contributed by atoms with Crippen LogP contribution in [0, 0.1) is 5.92 Å². The molecule has 1 rings (SSSR count). The molecule has 19 heavy (non-hydrogen) atoms. The fourth-order valence-corrected chi connectivity index (χ4v) is 1.49. The van der Waals surface area contributed by atoms with Gasteiger partial charge in [-0.05, 0) is 25.6 Å². The quantitative estimate of drug-likeness (QED) is 0.717. The number of hydrogen-bond acceptors (Lipinski definition) is 3. The summed E-state index contributed by atoms with van der Waals surface area (Å²) in [6.07, 6.45) is 0.723. The van der Waals surface area contributed by atoms with E-state index in [4.69, 9.17) is 4.74 Å². The number of rotatable bonds is 8. The van der Waals surface area contributed by atoms with Crippen LogP contribution in [0.15, 0.2) is 30.3 Å². The van der Waals surface area contributed by atoms with E-state index >= 15 is 0 Å². The zero-order valence-electron chi connectivity index (χ0n) is 11.5. The van der Waals surface area contributed by atoms with E-state index < -0.39 is 0 Å². The van der Waals surface area contributed by atoms with Crippen molar-refractivity contribution in [1.29, 1.82) is 0 Å². The maximum atomic E-state index is 11.7. The third-order valence-corrected chi connectivity index (χ3v) is 2.68. The number of benzene rings is 1. The Kier molecular flexibility index (Phi) is 9.94. The van der Waals surface area contributed by atoms with Gasteiger partial charge in [-0.2, -0.15) is 0 Å². The molecule has 0 aliphatic carbocycles. The van der Waals surface area contributed by atoms with E-state index in [-0.39, 0.29) is 24.2 Å². The van der Waals surface area contributed by atoms with Crippen molar-refractivity contribution in [1.82, 2.24) is 10.6 Å². The Morgan fingerprint density at radius 3 is 2.58 bits per heavy atom. The SMILES string of the molecule is CNCCNC(=O)C(C)CCOc1ccccc1.Cl.